The largest absolute Gasteiger partial charge is 0.420 e. The number of carbonyl (C=O) groups excluding carboxylic acids is 1. The molecule has 1 amide bonds. The Balaban J connectivity index is 2.59. The quantitative estimate of drug-likeness (QED) is 0.865. The van der Waals surface area contributed by atoms with E-state index in [0.717, 1.165) is 6.07 Å². The van der Waals surface area contributed by atoms with E-state index in [1.165, 1.54) is 16.8 Å². The SMILES string of the molecule is Cc1cn2cc(NC(=O)CCl)cc(C(F)(F)F)c2n1. The van der Waals surface area contributed by atoms with Crippen molar-refractivity contribution in [2.24, 2.45) is 0 Å². The number of hydrogen-bond donors (Lipinski definition) is 1. The van der Waals surface area contributed by atoms with Gasteiger partial charge in [0.05, 0.1) is 11.4 Å². The predicted octanol–water partition coefficient (Wildman–Crippen LogP) is 2.84. The van der Waals surface area contributed by atoms with Crippen molar-refractivity contribution >= 4 is 28.8 Å². The number of nitrogens with one attached hydrogen (secondary N) is 1. The molecule has 0 saturated heterocycles. The predicted molar refractivity (Wildman–Crippen MR) is 64.3 cm³/mol. The van der Waals surface area contributed by atoms with Crippen LogP contribution in [0, 0.1) is 6.92 Å². The third-order valence-electron chi connectivity index (χ3n) is 2.38. The summed E-state index contributed by atoms with van der Waals surface area (Å²) >= 11 is 5.30. The van der Waals surface area contributed by atoms with Gasteiger partial charge in [0, 0.05) is 12.4 Å². The first-order valence-electron chi connectivity index (χ1n) is 5.23. The Morgan fingerprint density at radius 2 is 2.16 bits per heavy atom. The second-order valence-corrected chi connectivity index (χ2v) is 4.20. The van der Waals surface area contributed by atoms with E-state index in [1.807, 2.05) is 0 Å². The van der Waals surface area contributed by atoms with Crippen LogP contribution >= 0.6 is 11.6 Å². The summed E-state index contributed by atoms with van der Waals surface area (Å²) < 4.78 is 40.0. The zero-order chi connectivity index (χ0) is 14.2. The van der Waals surface area contributed by atoms with Crippen LogP contribution in [0.1, 0.15) is 11.3 Å². The van der Waals surface area contributed by atoms with Crippen LogP contribution in [0.2, 0.25) is 0 Å². The van der Waals surface area contributed by atoms with Gasteiger partial charge in [0.25, 0.3) is 0 Å². The van der Waals surface area contributed by atoms with Crippen LogP contribution < -0.4 is 5.32 Å². The number of amides is 1. The van der Waals surface area contributed by atoms with Crippen LogP contribution in [-0.4, -0.2) is 21.2 Å². The number of anilines is 1. The minimum atomic E-state index is -4.55. The summed E-state index contributed by atoms with van der Waals surface area (Å²) in [7, 11) is 0. The molecule has 0 spiro atoms. The number of aromatic nitrogens is 2. The standard InChI is InChI=1S/C11H9ClF3N3O/c1-6-4-18-5-7(17-9(19)3-12)2-8(10(18)16-6)11(13,14)15/h2,4-5H,3H2,1H3,(H,17,19). The molecule has 0 atom stereocenters. The van der Waals surface area contributed by atoms with Crippen LogP contribution in [0.25, 0.3) is 5.65 Å². The van der Waals surface area contributed by atoms with Gasteiger partial charge in [-0.2, -0.15) is 13.2 Å². The van der Waals surface area contributed by atoms with Crippen LogP contribution in [0.15, 0.2) is 18.5 Å². The molecular formula is C11H9ClF3N3O. The maximum Gasteiger partial charge on any atom is 0.420 e. The summed E-state index contributed by atoms with van der Waals surface area (Å²) in [4.78, 5) is 15.0. The molecule has 2 aromatic rings. The Labute approximate surface area is 111 Å². The lowest BCUT2D eigenvalue weighted by Gasteiger charge is -2.11. The Hall–Kier alpha value is -1.76. The number of alkyl halides is 4. The molecule has 19 heavy (non-hydrogen) atoms. The number of rotatable bonds is 2. The number of fused-ring (bicyclic) bond motifs is 1. The zero-order valence-electron chi connectivity index (χ0n) is 9.75. The molecule has 0 radical (unpaired) electrons. The summed E-state index contributed by atoms with van der Waals surface area (Å²) in [5.74, 6) is -0.909. The van der Waals surface area contributed by atoms with E-state index in [1.54, 1.807) is 6.92 Å². The van der Waals surface area contributed by atoms with Gasteiger partial charge in [-0.3, -0.25) is 4.79 Å². The van der Waals surface area contributed by atoms with E-state index in [4.69, 9.17) is 11.6 Å². The number of pyridine rings is 1. The third-order valence-corrected chi connectivity index (χ3v) is 2.62. The highest BCUT2D eigenvalue weighted by molar-refractivity contribution is 6.29. The molecule has 8 heteroatoms. The van der Waals surface area contributed by atoms with Gasteiger partial charge in [-0.25, -0.2) is 4.98 Å². The second kappa shape index (κ2) is 4.73. The smallest absolute Gasteiger partial charge is 0.324 e. The lowest BCUT2D eigenvalue weighted by atomic mass is 10.2. The Kier molecular flexibility index (Phi) is 3.40. The summed E-state index contributed by atoms with van der Waals surface area (Å²) in [6, 6.07) is 0.840. The van der Waals surface area contributed by atoms with Crippen molar-refractivity contribution in [3.63, 3.8) is 0 Å². The highest BCUT2D eigenvalue weighted by Gasteiger charge is 2.34. The first-order chi connectivity index (χ1) is 8.81. The fourth-order valence-corrected chi connectivity index (χ4v) is 1.76. The fourth-order valence-electron chi connectivity index (χ4n) is 1.69. The molecule has 2 rings (SSSR count). The van der Waals surface area contributed by atoms with Crippen LogP contribution in [0.4, 0.5) is 18.9 Å². The molecule has 0 aliphatic heterocycles. The fraction of sp³-hybridized carbons (Fsp3) is 0.273. The van der Waals surface area contributed by atoms with Gasteiger partial charge in [0.2, 0.25) is 5.91 Å². The summed E-state index contributed by atoms with van der Waals surface area (Å²) in [5.41, 5.74) is -0.643. The Morgan fingerprint density at radius 3 is 2.74 bits per heavy atom. The van der Waals surface area contributed by atoms with E-state index in [0.29, 0.717) is 5.69 Å². The highest BCUT2D eigenvalue weighted by Crippen LogP contribution is 2.34. The zero-order valence-corrected chi connectivity index (χ0v) is 10.5. The van der Waals surface area contributed by atoms with Crippen LogP contribution in [0.3, 0.4) is 0 Å². The summed E-state index contributed by atoms with van der Waals surface area (Å²) in [6.07, 6.45) is -1.75. The molecule has 0 aliphatic rings. The highest BCUT2D eigenvalue weighted by atomic mass is 35.5. The maximum atomic E-state index is 12.9. The van der Waals surface area contributed by atoms with Crippen LogP contribution in [-0.2, 0) is 11.0 Å². The normalized spacial score (nSPS) is 11.8. The van der Waals surface area contributed by atoms with Crippen LogP contribution in [0.5, 0.6) is 0 Å². The van der Waals surface area contributed by atoms with Crippen molar-refractivity contribution in [1.82, 2.24) is 9.38 Å². The van der Waals surface area contributed by atoms with Crippen molar-refractivity contribution in [1.29, 1.82) is 0 Å². The van der Waals surface area contributed by atoms with Gasteiger partial charge < -0.3 is 9.72 Å². The van der Waals surface area contributed by atoms with E-state index in [-0.39, 0.29) is 17.2 Å². The van der Waals surface area contributed by atoms with E-state index < -0.39 is 17.6 Å². The van der Waals surface area contributed by atoms with Gasteiger partial charge in [-0.1, -0.05) is 0 Å². The van der Waals surface area contributed by atoms with Gasteiger partial charge in [-0.15, -0.1) is 11.6 Å². The monoisotopic (exact) mass is 291 g/mol. The van der Waals surface area contributed by atoms with Gasteiger partial charge in [0.15, 0.2) is 0 Å². The number of halogens is 4. The molecular weight excluding hydrogens is 283 g/mol. The topological polar surface area (TPSA) is 46.4 Å². The molecule has 102 valence electrons. The molecule has 0 aromatic carbocycles. The van der Waals surface area contributed by atoms with Crippen molar-refractivity contribution in [3.8, 4) is 0 Å². The van der Waals surface area contributed by atoms with Crippen molar-refractivity contribution in [2.75, 3.05) is 11.2 Å². The second-order valence-electron chi connectivity index (χ2n) is 3.94. The van der Waals surface area contributed by atoms with Crippen molar-refractivity contribution < 1.29 is 18.0 Å². The molecule has 1 N–H and O–H groups in total. The number of carbonyl (C=O) groups is 1. The number of aryl methyl sites for hydroxylation is 1. The van der Waals surface area contributed by atoms with Crippen molar-refractivity contribution in [2.45, 2.75) is 13.1 Å². The molecule has 2 aromatic heterocycles. The van der Waals surface area contributed by atoms with E-state index >= 15 is 0 Å². The molecule has 0 aliphatic carbocycles. The van der Waals surface area contributed by atoms with Gasteiger partial charge in [0.1, 0.15) is 17.1 Å². The number of nitrogens with zero attached hydrogens (tertiary/aromatic N) is 2. The third kappa shape index (κ3) is 2.81. The average molecular weight is 292 g/mol. The van der Waals surface area contributed by atoms with Gasteiger partial charge >= 0.3 is 6.18 Å². The molecule has 2 heterocycles. The lowest BCUT2D eigenvalue weighted by Crippen LogP contribution is -2.15. The molecule has 0 fully saturated rings. The molecule has 4 nitrogen and oxygen atoms in total. The minimum Gasteiger partial charge on any atom is -0.324 e. The van der Waals surface area contributed by atoms with Gasteiger partial charge in [-0.05, 0) is 13.0 Å². The Morgan fingerprint density at radius 1 is 1.47 bits per heavy atom. The number of imidazole rings is 1. The molecule has 0 unspecified atom stereocenters. The summed E-state index contributed by atoms with van der Waals surface area (Å²) in [6.45, 7) is 1.59. The van der Waals surface area contributed by atoms with Crippen molar-refractivity contribution in [3.05, 3.63) is 29.7 Å². The maximum absolute atomic E-state index is 12.9. The average Bonchev–Trinajstić information content (AvgIpc) is 2.66. The molecule has 0 bridgehead atoms. The lowest BCUT2D eigenvalue weighted by molar-refractivity contribution is -0.136. The van der Waals surface area contributed by atoms with E-state index in [9.17, 15) is 18.0 Å². The Bertz CT molecular complexity index is 636. The summed E-state index contributed by atoms with van der Waals surface area (Å²) in [5, 5.41) is 2.29. The van der Waals surface area contributed by atoms with E-state index in [2.05, 4.69) is 10.3 Å². The first-order valence-corrected chi connectivity index (χ1v) is 5.77. The molecule has 0 saturated carbocycles. The first kappa shape index (κ1) is 13.7. The number of hydrogen-bond acceptors (Lipinski definition) is 2. The minimum absolute atomic E-state index is 0.0166.